The lowest BCUT2D eigenvalue weighted by Gasteiger charge is -2.04. The van der Waals surface area contributed by atoms with Crippen LogP contribution in [0.5, 0.6) is 0 Å². The number of halogens is 1. The first-order valence-corrected chi connectivity index (χ1v) is 5.30. The van der Waals surface area contributed by atoms with Crippen molar-refractivity contribution < 1.29 is 9.18 Å². The Morgan fingerprint density at radius 2 is 2.24 bits per heavy atom. The zero-order chi connectivity index (χ0) is 12.7. The van der Waals surface area contributed by atoms with Crippen molar-refractivity contribution in [1.82, 2.24) is 5.32 Å². The lowest BCUT2D eigenvalue weighted by molar-refractivity contribution is -0.118. The van der Waals surface area contributed by atoms with Crippen LogP contribution in [0, 0.1) is 17.1 Å². The van der Waals surface area contributed by atoms with E-state index in [-0.39, 0.29) is 5.91 Å². The van der Waals surface area contributed by atoms with Crippen molar-refractivity contribution in [2.75, 3.05) is 6.54 Å². The summed E-state index contributed by atoms with van der Waals surface area (Å²) in [5.41, 5.74) is 6.00. The molecule has 0 bridgehead atoms. The Bertz CT molecular complexity index is 440. The van der Waals surface area contributed by atoms with E-state index in [9.17, 15) is 9.18 Å². The molecule has 3 N–H and O–H groups in total. The molecule has 0 aliphatic rings. The van der Waals surface area contributed by atoms with E-state index >= 15 is 0 Å². The Balaban J connectivity index is 2.39. The normalized spacial score (nSPS) is 9.88. The van der Waals surface area contributed by atoms with Gasteiger partial charge in [0.25, 0.3) is 0 Å². The number of hydrogen-bond acceptors (Lipinski definition) is 3. The summed E-state index contributed by atoms with van der Waals surface area (Å²) in [5.74, 6) is -0.748. The third-order valence-corrected chi connectivity index (χ3v) is 2.19. The topological polar surface area (TPSA) is 78.9 Å². The maximum atomic E-state index is 13.1. The molecular weight excluding hydrogens is 221 g/mol. The molecule has 0 spiro atoms. The molecule has 0 fully saturated rings. The van der Waals surface area contributed by atoms with Gasteiger partial charge in [0.05, 0.1) is 11.6 Å². The third kappa shape index (κ3) is 5.09. The Kier molecular flexibility index (Phi) is 5.11. The summed E-state index contributed by atoms with van der Waals surface area (Å²) in [6.07, 6.45) is 0.982. The molecule has 1 aromatic rings. The molecule has 0 radical (unpaired) electrons. The Morgan fingerprint density at radius 1 is 1.47 bits per heavy atom. The average molecular weight is 235 g/mol. The number of benzene rings is 1. The summed E-state index contributed by atoms with van der Waals surface area (Å²) in [6, 6.07) is 6.09. The second-order valence-electron chi connectivity index (χ2n) is 3.71. The highest BCUT2D eigenvalue weighted by molar-refractivity contribution is 5.73. The fraction of sp³-hybridized carbons (Fsp3) is 0.333. The lowest BCUT2D eigenvalue weighted by atomic mass is 10.1. The number of rotatable bonds is 6. The molecule has 4 nitrogen and oxygen atoms in total. The molecule has 0 aromatic heterocycles. The average Bonchev–Trinajstić information content (AvgIpc) is 2.27. The minimum atomic E-state index is -0.419. The van der Waals surface area contributed by atoms with Gasteiger partial charge < -0.3 is 11.1 Å². The van der Waals surface area contributed by atoms with Gasteiger partial charge in [-0.05, 0) is 36.7 Å². The van der Waals surface area contributed by atoms with Crippen LogP contribution in [0.1, 0.15) is 24.0 Å². The van der Waals surface area contributed by atoms with Crippen LogP contribution >= 0.6 is 0 Å². The molecule has 0 saturated heterocycles. The van der Waals surface area contributed by atoms with Crippen molar-refractivity contribution in [3.63, 3.8) is 0 Å². The second-order valence-corrected chi connectivity index (χ2v) is 3.71. The number of nitrogens with two attached hydrogens (primary N) is 1. The molecule has 0 saturated carbocycles. The molecule has 0 unspecified atom stereocenters. The predicted octanol–water partition coefficient (Wildman–Crippen LogP) is 1.05. The fourth-order valence-electron chi connectivity index (χ4n) is 1.44. The Labute approximate surface area is 99.2 Å². The van der Waals surface area contributed by atoms with Gasteiger partial charge in [0.2, 0.25) is 5.91 Å². The molecule has 90 valence electrons. The minimum absolute atomic E-state index is 0.305. The maximum absolute atomic E-state index is 13.1. The molecule has 5 heteroatoms. The summed E-state index contributed by atoms with van der Waals surface area (Å²) in [7, 11) is 0. The van der Waals surface area contributed by atoms with Crippen molar-refractivity contribution in [2.24, 2.45) is 5.73 Å². The number of hydrogen-bond donors (Lipinski definition) is 2. The first-order chi connectivity index (χ1) is 8.11. The molecular formula is C12H14FN3O. The standard InChI is InChI=1S/C12H14FN3O/c13-11-5-9(7-14)4-10(6-11)8-16-3-1-2-12(15)17/h4-6,16H,1-3,8H2,(H2,15,17). The zero-order valence-corrected chi connectivity index (χ0v) is 9.37. The van der Waals surface area contributed by atoms with Crippen molar-refractivity contribution in [3.05, 3.63) is 35.1 Å². The summed E-state index contributed by atoms with van der Waals surface area (Å²) < 4.78 is 13.1. The van der Waals surface area contributed by atoms with Crippen LogP contribution in [0.2, 0.25) is 0 Å². The summed E-state index contributed by atoms with van der Waals surface area (Å²) >= 11 is 0. The first-order valence-electron chi connectivity index (χ1n) is 5.30. The highest BCUT2D eigenvalue weighted by atomic mass is 19.1. The van der Waals surface area contributed by atoms with Gasteiger partial charge in [-0.2, -0.15) is 5.26 Å². The van der Waals surface area contributed by atoms with Gasteiger partial charge in [-0.25, -0.2) is 4.39 Å². The SMILES string of the molecule is N#Cc1cc(F)cc(CNCCCC(N)=O)c1. The Morgan fingerprint density at radius 3 is 2.88 bits per heavy atom. The van der Waals surface area contributed by atoms with Crippen molar-refractivity contribution in [2.45, 2.75) is 19.4 Å². The van der Waals surface area contributed by atoms with E-state index in [4.69, 9.17) is 11.0 Å². The van der Waals surface area contributed by atoms with E-state index in [1.165, 1.54) is 12.1 Å². The van der Waals surface area contributed by atoms with Gasteiger partial charge >= 0.3 is 0 Å². The van der Waals surface area contributed by atoms with Gasteiger partial charge in [0.1, 0.15) is 5.82 Å². The van der Waals surface area contributed by atoms with Crippen molar-refractivity contribution in [1.29, 1.82) is 5.26 Å². The zero-order valence-electron chi connectivity index (χ0n) is 9.37. The van der Waals surface area contributed by atoms with Crippen LogP contribution in [0.4, 0.5) is 4.39 Å². The third-order valence-electron chi connectivity index (χ3n) is 2.19. The van der Waals surface area contributed by atoms with Gasteiger partial charge in [0.15, 0.2) is 0 Å². The summed E-state index contributed by atoms with van der Waals surface area (Å²) in [6.45, 7) is 1.09. The number of nitrogens with zero attached hydrogens (tertiary/aromatic N) is 1. The van der Waals surface area contributed by atoms with E-state index in [1.807, 2.05) is 6.07 Å². The van der Waals surface area contributed by atoms with Crippen LogP contribution in [0.3, 0.4) is 0 Å². The smallest absolute Gasteiger partial charge is 0.217 e. The number of carbonyl (C=O) groups excluding carboxylic acids is 1. The molecule has 1 amide bonds. The van der Waals surface area contributed by atoms with Gasteiger partial charge in [-0.3, -0.25) is 4.79 Å². The monoisotopic (exact) mass is 235 g/mol. The molecule has 17 heavy (non-hydrogen) atoms. The number of carbonyl (C=O) groups is 1. The van der Waals surface area contributed by atoms with Crippen LogP contribution in [-0.2, 0) is 11.3 Å². The minimum Gasteiger partial charge on any atom is -0.370 e. The molecule has 0 heterocycles. The highest BCUT2D eigenvalue weighted by Crippen LogP contribution is 2.08. The summed E-state index contributed by atoms with van der Waals surface area (Å²) in [4.78, 5) is 10.5. The molecule has 0 aliphatic carbocycles. The number of nitrogens with one attached hydrogen (secondary N) is 1. The molecule has 1 rings (SSSR count). The maximum Gasteiger partial charge on any atom is 0.217 e. The number of nitriles is 1. The first kappa shape index (κ1) is 13.1. The highest BCUT2D eigenvalue weighted by Gasteiger charge is 2.00. The van der Waals surface area contributed by atoms with E-state index in [1.54, 1.807) is 6.07 Å². The van der Waals surface area contributed by atoms with E-state index in [2.05, 4.69) is 5.32 Å². The molecule has 0 atom stereocenters. The van der Waals surface area contributed by atoms with E-state index in [0.717, 1.165) is 0 Å². The predicted molar refractivity (Wildman–Crippen MR) is 61.3 cm³/mol. The molecule has 0 aliphatic heterocycles. The lowest BCUT2D eigenvalue weighted by Crippen LogP contribution is -2.18. The Hall–Kier alpha value is -1.93. The van der Waals surface area contributed by atoms with Gasteiger partial charge in [-0.15, -0.1) is 0 Å². The van der Waals surface area contributed by atoms with Gasteiger partial charge in [-0.1, -0.05) is 0 Å². The number of amides is 1. The summed E-state index contributed by atoms with van der Waals surface area (Å²) in [5, 5.41) is 11.7. The van der Waals surface area contributed by atoms with Crippen LogP contribution in [0.25, 0.3) is 0 Å². The van der Waals surface area contributed by atoms with E-state index in [0.29, 0.717) is 37.1 Å². The fourth-order valence-corrected chi connectivity index (χ4v) is 1.44. The van der Waals surface area contributed by atoms with Crippen molar-refractivity contribution in [3.8, 4) is 6.07 Å². The van der Waals surface area contributed by atoms with Crippen LogP contribution in [0.15, 0.2) is 18.2 Å². The van der Waals surface area contributed by atoms with Crippen LogP contribution < -0.4 is 11.1 Å². The van der Waals surface area contributed by atoms with Crippen molar-refractivity contribution >= 4 is 5.91 Å². The van der Waals surface area contributed by atoms with Crippen LogP contribution in [-0.4, -0.2) is 12.5 Å². The number of primary amides is 1. The van der Waals surface area contributed by atoms with Gasteiger partial charge in [0, 0.05) is 13.0 Å². The molecule has 1 aromatic carbocycles. The largest absolute Gasteiger partial charge is 0.370 e. The van der Waals surface area contributed by atoms with E-state index < -0.39 is 5.82 Å². The second kappa shape index (κ2) is 6.61. The quantitative estimate of drug-likeness (QED) is 0.723.